The minimum absolute atomic E-state index is 0.629. The van der Waals surface area contributed by atoms with Crippen molar-refractivity contribution >= 4 is 0 Å². The fourth-order valence-corrected chi connectivity index (χ4v) is 3.69. The molecule has 0 spiro atoms. The lowest BCUT2D eigenvalue weighted by Crippen LogP contribution is -2.36. The van der Waals surface area contributed by atoms with Crippen molar-refractivity contribution in [2.24, 2.45) is 5.92 Å². The van der Waals surface area contributed by atoms with Gasteiger partial charge in [-0.05, 0) is 49.3 Å². The molecule has 0 radical (unpaired) electrons. The Kier molecular flexibility index (Phi) is 6.76. The molecule has 0 heterocycles. The van der Waals surface area contributed by atoms with E-state index >= 15 is 0 Å². The second kappa shape index (κ2) is 8.58. The summed E-state index contributed by atoms with van der Waals surface area (Å²) in [6.07, 6.45) is 11.2. The topological polar surface area (TPSA) is 12.0 Å². The Balaban J connectivity index is 1.96. The van der Waals surface area contributed by atoms with Crippen LogP contribution in [0.5, 0.6) is 0 Å². The van der Waals surface area contributed by atoms with Crippen LogP contribution in [-0.4, -0.2) is 13.1 Å². The van der Waals surface area contributed by atoms with Gasteiger partial charge in [-0.25, -0.2) is 0 Å². The highest BCUT2D eigenvalue weighted by atomic mass is 14.9. The number of nitrogens with one attached hydrogen (secondary N) is 1. The second-order valence-corrected chi connectivity index (χ2v) is 7.10. The maximum atomic E-state index is 3.61. The summed E-state index contributed by atoms with van der Waals surface area (Å²) in [6.45, 7) is 4.53. The molecule has 0 bridgehead atoms. The molecule has 0 aliphatic heterocycles. The Morgan fingerprint density at radius 2 is 1.52 bits per heavy atom. The third kappa shape index (κ3) is 5.14. The van der Waals surface area contributed by atoms with Crippen LogP contribution < -0.4 is 5.32 Å². The largest absolute Gasteiger partial charge is 0.316 e. The summed E-state index contributed by atoms with van der Waals surface area (Å²) in [4.78, 5) is 0. The molecule has 2 rings (SSSR count). The van der Waals surface area contributed by atoms with Crippen LogP contribution in [0, 0.1) is 5.92 Å². The molecular weight excluding hydrogens is 254 g/mol. The van der Waals surface area contributed by atoms with E-state index in [0.29, 0.717) is 12.0 Å². The molecule has 1 heteroatoms. The zero-order valence-corrected chi connectivity index (χ0v) is 14.2. The van der Waals surface area contributed by atoms with Crippen LogP contribution in [-0.2, 0) is 6.42 Å². The van der Waals surface area contributed by atoms with E-state index in [0.717, 1.165) is 5.92 Å². The number of rotatable bonds is 5. The van der Waals surface area contributed by atoms with Crippen LogP contribution in [0.15, 0.2) is 24.3 Å². The average Bonchev–Trinajstić information content (AvgIpc) is 2.45. The Morgan fingerprint density at radius 1 is 0.952 bits per heavy atom. The minimum Gasteiger partial charge on any atom is -0.316 e. The standard InChI is InChI=1S/C20H33N/c1-16(2)18-13-11-17(12-14-18)15-20(21-3)19-9-7-5-4-6-8-10-19/h11-14,16,19-21H,4-10,15H2,1-3H3. The molecule has 0 saturated heterocycles. The van der Waals surface area contributed by atoms with E-state index in [1.807, 2.05) is 0 Å². The summed E-state index contributed by atoms with van der Waals surface area (Å²) >= 11 is 0. The lowest BCUT2D eigenvalue weighted by atomic mass is 9.83. The normalized spacial score (nSPS) is 19.2. The van der Waals surface area contributed by atoms with Crippen molar-refractivity contribution in [3.63, 3.8) is 0 Å². The molecule has 21 heavy (non-hydrogen) atoms. The van der Waals surface area contributed by atoms with Crippen LogP contribution in [0.1, 0.15) is 75.8 Å². The van der Waals surface area contributed by atoms with Crippen molar-refractivity contribution in [3.8, 4) is 0 Å². The van der Waals surface area contributed by atoms with Gasteiger partial charge in [-0.1, -0.05) is 70.2 Å². The van der Waals surface area contributed by atoms with E-state index < -0.39 is 0 Å². The zero-order valence-electron chi connectivity index (χ0n) is 14.2. The molecule has 1 aliphatic carbocycles. The SMILES string of the molecule is CNC(Cc1ccc(C(C)C)cc1)C1CCCCCCC1. The smallest absolute Gasteiger partial charge is 0.0133 e. The van der Waals surface area contributed by atoms with E-state index in [1.165, 1.54) is 62.5 Å². The molecule has 1 saturated carbocycles. The van der Waals surface area contributed by atoms with Gasteiger partial charge in [0.05, 0.1) is 0 Å². The lowest BCUT2D eigenvalue weighted by molar-refractivity contribution is 0.294. The molecule has 1 N–H and O–H groups in total. The summed E-state index contributed by atoms with van der Waals surface area (Å²) in [5.74, 6) is 1.49. The molecule has 1 nitrogen and oxygen atoms in total. The lowest BCUT2D eigenvalue weighted by Gasteiger charge is -2.29. The number of hydrogen-bond donors (Lipinski definition) is 1. The summed E-state index contributed by atoms with van der Waals surface area (Å²) in [6, 6.07) is 9.94. The van der Waals surface area contributed by atoms with Crippen molar-refractivity contribution in [1.29, 1.82) is 0 Å². The fourth-order valence-electron chi connectivity index (χ4n) is 3.69. The first-order chi connectivity index (χ1) is 10.2. The summed E-state index contributed by atoms with van der Waals surface area (Å²) in [5.41, 5.74) is 2.94. The van der Waals surface area contributed by atoms with E-state index in [1.54, 1.807) is 0 Å². The molecule has 1 unspecified atom stereocenters. The van der Waals surface area contributed by atoms with Gasteiger partial charge in [0, 0.05) is 6.04 Å². The Morgan fingerprint density at radius 3 is 2.05 bits per heavy atom. The van der Waals surface area contributed by atoms with Crippen molar-refractivity contribution in [2.75, 3.05) is 7.05 Å². The summed E-state index contributed by atoms with van der Waals surface area (Å²) in [5, 5.41) is 3.61. The fraction of sp³-hybridized carbons (Fsp3) is 0.700. The Hall–Kier alpha value is -0.820. The molecular formula is C20H33N. The van der Waals surface area contributed by atoms with Gasteiger partial charge in [-0.3, -0.25) is 0 Å². The first kappa shape index (κ1) is 16.5. The van der Waals surface area contributed by atoms with Crippen LogP contribution in [0.2, 0.25) is 0 Å². The van der Waals surface area contributed by atoms with Gasteiger partial charge >= 0.3 is 0 Å². The second-order valence-electron chi connectivity index (χ2n) is 7.10. The highest BCUT2D eigenvalue weighted by Crippen LogP contribution is 2.26. The molecule has 0 aromatic heterocycles. The van der Waals surface area contributed by atoms with E-state index in [2.05, 4.69) is 50.5 Å². The van der Waals surface area contributed by atoms with Crippen LogP contribution in [0.4, 0.5) is 0 Å². The van der Waals surface area contributed by atoms with E-state index in [4.69, 9.17) is 0 Å². The van der Waals surface area contributed by atoms with Gasteiger partial charge in [0.1, 0.15) is 0 Å². The van der Waals surface area contributed by atoms with E-state index in [-0.39, 0.29) is 0 Å². The maximum absolute atomic E-state index is 3.61. The summed E-state index contributed by atoms with van der Waals surface area (Å²) in [7, 11) is 2.14. The highest BCUT2D eigenvalue weighted by molar-refractivity contribution is 5.25. The zero-order chi connectivity index (χ0) is 15.1. The van der Waals surface area contributed by atoms with Crippen molar-refractivity contribution in [3.05, 3.63) is 35.4 Å². The van der Waals surface area contributed by atoms with Gasteiger partial charge in [0.15, 0.2) is 0 Å². The molecule has 1 atom stereocenters. The van der Waals surface area contributed by atoms with Gasteiger partial charge in [0.25, 0.3) is 0 Å². The van der Waals surface area contributed by atoms with Crippen LogP contribution in [0.25, 0.3) is 0 Å². The van der Waals surface area contributed by atoms with Gasteiger partial charge in [0.2, 0.25) is 0 Å². The monoisotopic (exact) mass is 287 g/mol. The van der Waals surface area contributed by atoms with Crippen molar-refractivity contribution in [1.82, 2.24) is 5.32 Å². The maximum Gasteiger partial charge on any atom is 0.0133 e. The van der Waals surface area contributed by atoms with Gasteiger partial charge in [-0.2, -0.15) is 0 Å². The first-order valence-electron chi connectivity index (χ1n) is 8.97. The summed E-state index contributed by atoms with van der Waals surface area (Å²) < 4.78 is 0. The average molecular weight is 287 g/mol. The molecule has 1 aromatic rings. The van der Waals surface area contributed by atoms with Crippen molar-refractivity contribution < 1.29 is 0 Å². The van der Waals surface area contributed by atoms with Crippen LogP contribution >= 0.6 is 0 Å². The first-order valence-corrected chi connectivity index (χ1v) is 8.97. The molecule has 1 aromatic carbocycles. The van der Waals surface area contributed by atoms with Gasteiger partial charge in [-0.15, -0.1) is 0 Å². The minimum atomic E-state index is 0.629. The third-order valence-electron chi connectivity index (χ3n) is 5.19. The number of benzene rings is 1. The molecule has 118 valence electrons. The van der Waals surface area contributed by atoms with Crippen molar-refractivity contribution in [2.45, 2.75) is 77.2 Å². The number of likely N-dealkylation sites (N-methyl/N-ethyl adjacent to an activating group) is 1. The highest BCUT2D eigenvalue weighted by Gasteiger charge is 2.21. The Labute approximate surface area is 131 Å². The third-order valence-corrected chi connectivity index (χ3v) is 5.19. The molecule has 1 aliphatic rings. The molecule has 1 fully saturated rings. The van der Waals surface area contributed by atoms with Crippen LogP contribution in [0.3, 0.4) is 0 Å². The predicted octanol–water partition coefficient (Wildman–Crippen LogP) is 5.30. The van der Waals surface area contributed by atoms with E-state index in [9.17, 15) is 0 Å². The molecule has 0 amide bonds. The quantitative estimate of drug-likeness (QED) is 0.774. The number of hydrogen-bond acceptors (Lipinski definition) is 1. The van der Waals surface area contributed by atoms with Gasteiger partial charge < -0.3 is 5.32 Å². The predicted molar refractivity (Wildman–Crippen MR) is 92.9 cm³/mol. The Bertz CT molecular complexity index is 385.